The van der Waals surface area contributed by atoms with Gasteiger partial charge >= 0.3 is 0 Å². The van der Waals surface area contributed by atoms with Crippen molar-refractivity contribution < 1.29 is 0 Å². The van der Waals surface area contributed by atoms with Crippen LogP contribution in [0, 0.1) is 11.3 Å². The highest BCUT2D eigenvalue weighted by Crippen LogP contribution is 2.20. The molecule has 1 aromatic heterocycles. The van der Waals surface area contributed by atoms with Crippen molar-refractivity contribution in [1.29, 1.82) is 5.26 Å². The predicted molar refractivity (Wildman–Crippen MR) is 78.1 cm³/mol. The summed E-state index contributed by atoms with van der Waals surface area (Å²) in [4.78, 5) is 4.22. The minimum absolute atomic E-state index is 0.459. The average Bonchev–Trinajstić information content (AvgIpc) is 2.39. The van der Waals surface area contributed by atoms with E-state index in [0.29, 0.717) is 5.69 Å². The number of aromatic nitrogens is 1. The lowest BCUT2D eigenvalue weighted by Gasteiger charge is -2.12. The lowest BCUT2D eigenvalue weighted by molar-refractivity contribution is 0.932. The highest BCUT2D eigenvalue weighted by molar-refractivity contribution is 9.10. The number of halogens is 2. The highest BCUT2D eigenvalue weighted by atomic mass is 79.9. The summed E-state index contributed by atoms with van der Waals surface area (Å²) in [7, 11) is 0. The first-order valence-electron chi connectivity index (χ1n) is 5.22. The Balaban J connectivity index is 2.17. The molecular weight excluding hydrogens is 358 g/mol. The Kier molecular flexibility index (Phi) is 4.34. The van der Waals surface area contributed by atoms with Crippen LogP contribution in [-0.4, -0.2) is 4.98 Å². The van der Waals surface area contributed by atoms with E-state index in [1.165, 1.54) is 0 Å². The van der Waals surface area contributed by atoms with E-state index < -0.39 is 6.04 Å². The number of nitrogens with one attached hydrogen (secondary N) is 1. The van der Waals surface area contributed by atoms with Gasteiger partial charge in [-0.1, -0.05) is 15.9 Å². The van der Waals surface area contributed by atoms with Gasteiger partial charge in [0.15, 0.2) is 6.04 Å². The van der Waals surface area contributed by atoms with Gasteiger partial charge in [-0.3, -0.25) is 4.98 Å². The molecule has 0 aliphatic heterocycles. The van der Waals surface area contributed by atoms with Crippen LogP contribution in [0.25, 0.3) is 0 Å². The Morgan fingerprint density at radius 2 is 1.72 bits per heavy atom. The van der Waals surface area contributed by atoms with Crippen LogP contribution in [0.5, 0.6) is 0 Å². The summed E-state index contributed by atoms with van der Waals surface area (Å²) >= 11 is 6.69. The maximum atomic E-state index is 9.19. The Labute approximate surface area is 122 Å². The number of nitriles is 1. The molecule has 0 saturated heterocycles. The van der Waals surface area contributed by atoms with Crippen molar-refractivity contribution >= 4 is 37.5 Å². The fourth-order valence-electron chi connectivity index (χ4n) is 1.44. The summed E-state index contributed by atoms with van der Waals surface area (Å²) in [5.74, 6) is 0. The van der Waals surface area contributed by atoms with E-state index in [1.54, 1.807) is 6.20 Å². The second kappa shape index (κ2) is 5.98. The van der Waals surface area contributed by atoms with Crippen LogP contribution < -0.4 is 5.32 Å². The van der Waals surface area contributed by atoms with E-state index in [-0.39, 0.29) is 0 Å². The Bertz CT molecular complexity index is 558. The molecule has 2 rings (SSSR count). The van der Waals surface area contributed by atoms with Crippen molar-refractivity contribution in [3.63, 3.8) is 0 Å². The molecule has 1 heterocycles. The van der Waals surface area contributed by atoms with Gasteiger partial charge in [0.05, 0.1) is 11.8 Å². The van der Waals surface area contributed by atoms with Gasteiger partial charge in [-0.05, 0) is 52.3 Å². The molecule has 18 heavy (non-hydrogen) atoms. The molecule has 0 amide bonds. The molecule has 90 valence electrons. The number of hydrogen-bond donors (Lipinski definition) is 1. The quantitative estimate of drug-likeness (QED) is 0.881. The molecule has 5 heteroatoms. The lowest BCUT2D eigenvalue weighted by atomic mass is 10.2. The smallest absolute Gasteiger partial charge is 0.157 e. The zero-order valence-corrected chi connectivity index (χ0v) is 12.4. The van der Waals surface area contributed by atoms with Crippen molar-refractivity contribution in [2.75, 3.05) is 5.32 Å². The molecule has 0 spiro atoms. The molecule has 1 unspecified atom stereocenters. The molecular formula is C13H9Br2N3. The van der Waals surface area contributed by atoms with Crippen LogP contribution in [-0.2, 0) is 0 Å². The molecule has 1 N–H and O–H groups in total. The zero-order valence-electron chi connectivity index (χ0n) is 9.27. The molecule has 0 radical (unpaired) electrons. The van der Waals surface area contributed by atoms with Crippen LogP contribution in [0.4, 0.5) is 5.69 Å². The third-order valence-electron chi connectivity index (χ3n) is 2.33. The lowest BCUT2D eigenvalue weighted by Crippen LogP contribution is -2.09. The molecule has 0 aliphatic rings. The average molecular weight is 367 g/mol. The van der Waals surface area contributed by atoms with Gasteiger partial charge in [0.25, 0.3) is 0 Å². The molecule has 1 aromatic carbocycles. The molecule has 1 atom stereocenters. The third kappa shape index (κ3) is 3.31. The molecule has 3 nitrogen and oxygen atoms in total. The van der Waals surface area contributed by atoms with E-state index in [4.69, 9.17) is 0 Å². The van der Waals surface area contributed by atoms with Crippen LogP contribution in [0.3, 0.4) is 0 Å². The molecule has 0 fully saturated rings. The van der Waals surface area contributed by atoms with Gasteiger partial charge in [0.2, 0.25) is 0 Å². The van der Waals surface area contributed by atoms with Crippen molar-refractivity contribution in [2.24, 2.45) is 0 Å². The maximum absolute atomic E-state index is 9.19. The van der Waals surface area contributed by atoms with Gasteiger partial charge < -0.3 is 5.32 Å². The molecule has 0 aliphatic carbocycles. The highest BCUT2D eigenvalue weighted by Gasteiger charge is 2.11. The first-order valence-corrected chi connectivity index (χ1v) is 6.81. The van der Waals surface area contributed by atoms with E-state index in [1.807, 2.05) is 36.4 Å². The van der Waals surface area contributed by atoms with Crippen LogP contribution in [0.2, 0.25) is 0 Å². The summed E-state index contributed by atoms with van der Waals surface area (Å²) in [5.41, 5.74) is 1.58. The van der Waals surface area contributed by atoms with Crippen LogP contribution in [0.1, 0.15) is 11.7 Å². The Morgan fingerprint density at radius 3 is 2.28 bits per heavy atom. The van der Waals surface area contributed by atoms with Crippen LogP contribution >= 0.6 is 31.9 Å². The Hall–Kier alpha value is -1.38. The SMILES string of the molecule is N#CC(Nc1ccc(Br)cc1)c1ccc(Br)cn1. The van der Waals surface area contributed by atoms with Gasteiger partial charge in [0, 0.05) is 20.8 Å². The summed E-state index contributed by atoms with van der Waals surface area (Å²) in [6.45, 7) is 0. The number of hydrogen-bond acceptors (Lipinski definition) is 3. The van der Waals surface area contributed by atoms with Crippen molar-refractivity contribution in [3.8, 4) is 6.07 Å². The van der Waals surface area contributed by atoms with E-state index >= 15 is 0 Å². The minimum atomic E-state index is -0.459. The van der Waals surface area contributed by atoms with E-state index in [0.717, 1.165) is 14.6 Å². The summed E-state index contributed by atoms with van der Waals surface area (Å²) in [5, 5.41) is 12.3. The third-order valence-corrected chi connectivity index (χ3v) is 3.33. The minimum Gasteiger partial charge on any atom is -0.365 e. The number of rotatable bonds is 3. The Morgan fingerprint density at radius 1 is 1.06 bits per heavy atom. The summed E-state index contributed by atoms with van der Waals surface area (Å²) in [6, 6.07) is 13.1. The van der Waals surface area contributed by atoms with Crippen LogP contribution in [0.15, 0.2) is 51.5 Å². The number of nitrogens with zero attached hydrogens (tertiary/aromatic N) is 2. The first kappa shape index (κ1) is 13.1. The number of benzene rings is 1. The number of anilines is 1. The fourth-order valence-corrected chi connectivity index (χ4v) is 1.94. The van der Waals surface area contributed by atoms with E-state index in [9.17, 15) is 5.26 Å². The van der Waals surface area contributed by atoms with E-state index in [2.05, 4.69) is 48.2 Å². The number of pyridine rings is 1. The monoisotopic (exact) mass is 365 g/mol. The van der Waals surface area contributed by atoms with Crippen molar-refractivity contribution in [2.45, 2.75) is 6.04 Å². The molecule has 0 bridgehead atoms. The van der Waals surface area contributed by atoms with Crippen molar-refractivity contribution in [1.82, 2.24) is 4.98 Å². The standard InChI is InChI=1S/C13H9Br2N3/c14-9-1-4-11(5-2-9)18-13(7-16)12-6-3-10(15)8-17-12/h1-6,8,13,18H. The normalized spacial score (nSPS) is 11.6. The van der Waals surface area contributed by atoms with Gasteiger partial charge in [0.1, 0.15) is 0 Å². The molecule has 0 saturated carbocycles. The molecule has 2 aromatic rings. The fraction of sp³-hybridized carbons (Fsp3) is 0.0769. The maximum Gasteiger partial charge on any atom is 0.157 e. The largest absolute Gasteiger partial charge is 0.365 e. The van der Waals surface area contributed by atoms with Crippen molar-refractivity contribution in [3.05, 3.63) is 57.2 Å². The summed E-state index contributed by atoms with van der Waals surface area (Å²) in [6.07, 6.45) is 1.68. The second-order valence-electron chi connectivity index (χ2n) is 3.61. The summed E-state index contributed by atoms with van der Waals surface area (Å²) < 4.78 is 1.90. The predicted octanol–water partition coefficient (Wildman–Crippen LogP) is 4.28. The van der Waals surface area contributed by atoms with Gasteiger partial charge in [-0.15, -0.1) is 0 Å². The topological polar surface area (TPSA) is 48.7 Å². The second-order valence-corrected chi connectivity index (χ2v) is 5.45. The first-order chi connectivity index (χ1) is 8.69. The zero-order chi connectivity index (χ0) is 13.0. The van der Waals surface area contributed by atoms with Gasteiger partial charge in [-0.2, -0.15) is 5.26 Å². The van der Waals surface area contributed by atoms with Gasteiger partial charge in [-0.25, -0.2) is 0 Å².